The summed E-state index contributed by atoms with van der Waals surface area (Å²) in [5, 5.41) is 2.88. The van der Waals surface area contributed by atoms with Crippen molar-refractivity contribution >= 4 is 34.2 Å². The third-order valence-electron chi connectivity index (χ3n) is 4.62. The Morgan fingerprint density at radius 2 is 2.03 bits per heavy atom. The van der Waals surface area contributed by atoms with E-state index in [9.17, 15) is 18.8 Å². The molecule has 3 amide bonds. The normalized spacial score (nSPS) is 16.4. The van der Waals surface area contributed by atoms with Crippen LogP contribution in [-0.4, -0.2) is 40.0 Å². The van der Waals surface area contributed by atoms with Gasteiger partial charge in [-0.2, -0.15) is 0 Å². The van der Waals surface area contributed by atoms with Gasteiger partial charge in [-0.25, -0.2) is 14.2 Å². The molecule has 1 aliphatic heterocycles. The number of alkyl halides is 1. The molecule has 2 heterocycles. The lowest BCUT2D eigenvalue weighted by Crippen LogP contribution is -2.33. The van der Waals surface area contributed by atoms with E-state index in [0.717, 1.165) is 37.2 Å². The lowest BCUT2D eigenvalue weighted by Gasteiger charge is -2.22. The topological polar surface area (TPSA) is 115 Å². The molecule has 1 saturated heterocycles. The lowest BCUT2D eigenvalue weighted by atomic mass is 10.1. The highest BCUT2D eigenvalue weighted by atomic mass is 32.1. The van der Waals surface area contributed by atoms with Crippen molar-refractivity contribution in [1.29, 1.82) is 0 Å². The van der Waals surface area contributed by atoms with Gasteiger partial charge in [0.15, 0.2) is 11.4 Å². The Bertz CT molecular complexity index is 942. The molecule has 1 unspecified atom stereocenters. The van der Waals surface area contributed by atoms with E-state index in [1.807, 2.05) is 30.3 Å². The zero-order chi connectivity index (χ0) is 21.9. The van der Waals surface area contributed by atoms with Gasteiger partial charge < -0.3 is 15.8 Å². The highest BCUT2D eigenvalue weighted by Crippen LogP contribution is 2.38. The molecule has 3 rings (SSSR count). The maximum atomic E-state index is 13.9. The van der Waals surface area contributed by atoms with Gasteiger partial charge in [-0.3, -0.25) is 14.5 Å². The van der Waals surface area contributed by atoms with E-state index in [-0.39, 0.29) is 17.3 Å². The number of nitrogens with one attached hydrogen (secondary N) is 1. The summed E-state index contributed by atoms with van der Waals surface area (Å²) < 4.78 is 19.3. The Morgan fingerprint density at radius 1 is 1.33 bits per heavy atom. The summed E-state index contributed by atoms with van der Waals surface area (Å²) in [6.45, 7) is 2.83. The van der Waals surface area contributed by atoms with Crippen LogP contribution in [0.2, 0.25) is 0 Å². The minimum Gasteiger partial charge on any atom is -0.445 e. The van der Waals surface area contributed by atoms with Gasteiger partial charge in [0, 0.05) is 6.54 Å². The Hall–Kier alpha value is -3.01. The second-order valence-electron chi connectivity index (χ2n) is 7.41. The number of aromatic nitrogens is 1. The summed E-state index contributed by atoms with van der Waals surface area (Å²) in [7, 11) is 0. The maximum Gasteiger partial charge on any atom is 0.410 e. The summed E-state index contributed by atoms with van der Waals surface area (Å²) in [6.07, 6.45) is 0.858. The van der Waals surface area contributed by atoms with Crippen molar-refractivity contribution < 1.29 is 23.5 Å². The van der Waals surface area contributed by atoms with Crippen LogP contribution in [0.4, 0.5) is 14.2 Å². The smallest absolute Gasteiger partial charge is 0.410 e. The van der Waals surface area contributed by atoms with Crippen molar-refractivity contribution in [2.75, 3.05) is 11.9 Å². The summed E-state index contributed by atoms with van der Waals surface area (Å²) in [4.78, 5) is 42.1. The fraction of sp³-hybridized carbons (Fsp3) is 0.400. The van der Waals surface area contributed by atoms with Gasteiger partial charge in [0.05, 0.1) is 6.04 Å². The van der Waals surface area contributed by atoms with Crippen LogP contribution in [0.5, 0.6) is 0 Å². The summed E-state index contributed by atoms with van der Waals surface area (Å²) in [5.41, 5.74) is 3.94. The van der Waals surface area contributed by atoms with Crippen molar-refractivity contribution in [3.63, 3.8) is 0 Å². The van der Waals surface area contributed by atoms with Crippen LogP contribution in [-0.2, 0) is 16.1 Å². The second kappa shape index (κ2) is 8.78. The molecule has 3 N–H and O–H groups in total. The largest absolute Gasteiger partial charge is 0.445 e. The molecule has 160 valence electrons. The summed E-state index contributed by atoms with van der Waals surface area (Å²) >= 11 is 1.01. The summed E-state index contributed by atoms with van der Waals surface area (Å²) in [5.74, 6) is -1.76. The van der Waals surface area contributed by atoms with E-state index in [1.165, 1.54) is 4.90 Å². The van der Waals surface area contributed by atoms with Crippen LogP contribution in [0.15, 0.2) is 30.3 Å². The lowest BCUT2D eigenvalue weighted by molar-refractivity contribution is -0.125. The molecule has 30 heavy (non-hydrogen) atoms. The molecule has 2 aromatic rings. The minimum atomic E-state index is -2.14. The number of nitrogens with two attached hydrogens (primary N) is 1. The highest BCUT2D eigenvalue weighted by molar-refractivity contribution is 7.16. The number of hydrogen-bond acceptors (Lipinski definition) is 6. The fourth-order valence-electron chi connectivity index (χ4n) is 3.03. The molecular weight excluding hydrogens is 411 g/mol. The predicted octanol–water partition coefficient (Wildman–Crippen LogP) is 3.40. The first kappa shape index (κ1) is 21.7. The molecule has 10 heteroatoms. The SMILES string of the molecule is CC(C)(F)C(=O)Nc1sc(C2CCCN2C(=O)OCc2ccccc2)nc1C(N)=O. The quantitative estimate of drug-likeness (QED) is 0.723. The van der Waals surface area contributed by atoms with Crippen LogP contribution in [0, 0.1) is 0 Å². The van der Waals surface area contributed by atoms with Gasteiger partial charge in [0.2, 0.25) is 0 Å². The van der Waals surface area contributed by atoms with E-state index >= 15 is 0 Å². The molecule has 0 bridgehead atoms. The van der Waals surface area contributed by atoms with Crippen LogP contribution in [0.25, 0.3) is 0 Å². The third-order valence-corrected chi connectivity index (χ3v) is 5.69. The number of likely N-dealkylation sites (tertiary alicyclic amines) is 1. The number of halogens is 1. The van der Waals surface area contributed by atoms with Crippen molar-refractivity contribution in [2.24, 2.45) is 5.73 Å². The van der Waals surface area contributed by atoms with Crippen molar-refractivity contribution in [1.82, 2.24) is 9.88 Å². The van der Waals surface area contributed by atoms with Gasteiger partial charge in [-0.05, 0) is 32.3 Å². The maximum absolute atomic E-state index is 13.9. The van der Waals surface area contributed by atoms with Gasteiger partial charge in [-0.1, -0.05) is 41.7 Å². The zero-order valence-corrected chi connectivity index (χ0v) is 17.5. The number of nitrogens with zero attached hydrogens (tertiary/aromatic N) is 2. The van der Waals surface area contributed by atoms with E-state index in [0.29, 0.717) is 18.0 Å². The number of amides is 3. The number of hydrogen-bond donors (Lipinski definition) is 2. The van der Waals surface area contributed by atoms with E-state index in [1.54, 1.807) is 0 Å². The monoisotopic (exact) mass is 434 g/mol. The van der Waals surface area contributed by atoms with Crippen molar-refractivity contribution in [3.05, 3.63) is 46.6 Å². The number of thiazole rings is 1. The molecule has 1 fully saturated rings. The number of primary amides is 1. The molecule has 0 saturated carbocycles. The Labute approximate surface area is 177 Å². The average Bonchev–Trinajstić information content (AvgIpc) is 3.33. The standard InChI is InChI=1S/C20H23FN4O4S/c1-20(2,21)18(27)24-17-14(15(22)26)23-16(30-17)13-9-6-10-25(13)19(28)29-11-12-7-4-3-5-8-12/h3-5,7-8,13H,6,9-11H2,1-2H3,(H2,22,26)(H,24,27). The molecule has 1 aliphatic rings. The highest BCUT2D eigenvalue weighted by Gasteiger charge is 2.35. The molecule has 0 spiro atoms. The number of carbonyl (C=O) groups excluding carboxylic acids is 3. The molecular formula is C20H23FN4O4S. The number of benzene rings is 1. The van der Waals surface area contributed by atoms with Crippen molar-refractivity contribution in [3.8, 4) is 0 Å². The molecule has 1 aromatic carbocycles. The van der Waals surface area contributed by atoms with E-state index in [4.69, 9.17) is 10.5 Å². The molecule has 8 nitrogen and oxygen atoms in total. The van der Waals surface area contributed by atoms with Crippen LogP contribution < -0.4 is 11.1 Å². The Balaban J connectivity index is 1.76. The average molecular weight is 434 g/mol. The third kappa shape index (κ3) is 4.93. The van der Waals surface area contributed by atoms with Gasteiger partial charge in [0.1, 0.15) is 16.6 Å². The first-order chi connectivity index (χ1) is 14.2. The zero-order valence-electron chi connectivity index (χ0n) is 16.7. The van der Waals surface area contributed by atoms with Crippen LogP contribution in [0.1, 0.15) is 53.8 Å². The van der Waals surface area contributed by atoms with Gasteiger partial charge >= 0.3 is 6.09 Å². The molecule has 0 aliphatic carbocycles. The van der Waals surface area contributed by atoms with Crippen LogP contribution in [0.3, 0.4) is 0 Å². The number of anilines is 1. The second-order valence-corrected chi connectivity index (χ2v) is 8.44. The van der Waals surface area contributed by atoms with Gasteiger partial charge in [-0.15, -0.1) is 0 Å². The molecule has 1 atom stereocenters. The first-order valence-corrected chi connectivity index (χ1v) is 10.3. The fourth-order valence-corrected chi connectivity index (χ4v) is 4.14. The Kier molecular flexibility index (Phi) is 6.35. The van der Waals surface area contributed by atoms with E-state index in [2.05, 4.69) is 10.3 Å². The first-order valence-electron chi connectivity index (χ1n) is 9.45. The number of carbonyl (C=O) groups is 3. The van der Waals surface area contributed by atoms with Crippen molar-refractivity contribution in [2.45, 2.75) is 45.0 Å². The number of ether oxygens (including phenoxy) is 1. The Morgan fingerprint density at radius 3 is 2.67 bits per heavy atom. The minimum absolute atomic E-state index is 0.0673. The van der Waals surface area contributed by atoms with E-state index < -0.39 is 29.6 Å². The predicted molar refractivity (Wildman–Crippen MR) is 110 cm³/mol. The summed E-state index contributed by atoms with van der Waals surface area (Å²) in [6, 6.07) is 8.89. The molecule has 0 radical (unpaired) electrons. The number of rotatable bonds is 6. The van der Waals surface area contributed by atoms with Gasteiger partial charge in [0.25, 0.3) is 11.8 Å². The molecule has 1 aromatic heterocycles. The van der Waals surface area contributed by atoms with Crippen LogP contribution >= 0.6 is 11.3 Å².